The maximum atomic E-state index is 12.3. The van der Waals surface area contributed by atoms with E-state index in [4.69, 9.17) is 11.6 Å². The van der Waals surface area contributed by atoms with E-state index < -0.39 is 0 Å². The number of amides is 2. The molecule has 0 atom stereocenters. The van der Waals surface area contributed by atoms with Crippen molar-refractivity contribution in [3.63, 3.8) is 0 Å². The summed E-state index contributed by atoms with van der Waals surface area (Å²) in [6.07, 6.45) is 1.47. The summed E-state index contributed by atoms with van der Waals surface area (Å²) in [5, 5.41) is 0. The zero-order valence-electron chi connectivity index (χ0n) is 10.6. The van der Waals surface area contributed by atoms with Gasteiger partial charge in [-0.15, -0.1) is 11.6 Å². The monoisotopic (exact) mass is 287 g/mol. The third kappa shape index (κ3) is 1.78. The number of nitrogens with zero attached hydrogens (tertiary/aromatic N) is 3. The third-order valence-corrected chi connectivity index (χ3v) is 3.39. The number of aromatic nitrogens is 2. The van der Waals surface area contributed by atoms with E-state index in [1.807, 2.05) is 0 Å². The van der Waals surface area contributed by atoms with Gasteiger partial charge in [0.25, 0.3) is 11.8 Å². The van der Waals surface area contributed by atoms with Crippen molar-refractivity contribution in [1.29, 1.82) is 0 Å². The van der Waals surface area contributed by atoms with Crippen molar-refractivity contribution in [2.75, 3.05) is 4.90 Å². The second-order valence-corrected chi connectivity index (χ2v) is 4.66. The van der Waals surface area contributed by atoms with Crippen LogP contribution in [0.4, 0.5) is 5.82 Å². The lowest BCUT2D eigenvalue weighted by Crippen LogP contribution is -2.31. The van der Waals surface area contributed by atoms with Gasteiger partial charge >= 0.3 is 0 Å². The number of benzene rings is 1. The molecule has 0 saturated carbocycles. The molecule has 3 rings (SSSR count). The van der Waals surface area contributed by atoms with E-state index in [-0.39, 0.29) is 23.5 Å². The number of imide groups is 1. The average molecular weight is 288 g/mol. The van der Waals surface area contributed by atoms with Gasteiger partial charge in [-0.3, -0.25) is 14.6 Å². The van der Waals surface area contributed by atoms with E-state index >= 15 is 0 Å². The Hall–Kier alpha value is -2.27. The molecule has 2 heterocycles. The summed E-state index contributed by atoms with van der Waals surface area (Å²) in [6.45, 7) is 1.70. The van der Waals surface area contributed by atoms with Gasteiger partial charge in [0, 0.05) is 0 Å². The molecule has 0 saturated heterocycles. The van der Waals surface area contributed by atoms with Crippen LogP contribution in [-0.2, 0) is 5.88 Å². The highest BCUT2D eigenvalue weighted by Gasteiger charge is 2.38. The van der Waals surface area contributed by atoms with Crippen LogP contribution in [0.25, 0.3) is 0 Å². The summed E-state index contributed by atoms with van der Waals surface area (Å²) < 4.78 is 0. The Labute approximate surface area is 120 Å². The molecule has 2 amide bonds. The molecule has 5 nitrogen and oxygen atoms in total. The van der Waals surface area contributed by atoms with Crippen molar-refractivity contribution >= 4 is 29.2 Å². The van der Waals surface area contributed by atoms with Gasteiger partial charge in [-0.05, 0) is 19.1 Å². The smallest absolute Gasteiger partial charge is 0.267 e. The van der Waals surface area contributed by atoms with E-state index in [0.717, 1.165) is 4.90 Å². The molecule has 0 bridgehead atoms. The number of carbonyl (C=O) groups is 2. The van der Waals surface area contributed by atoms with Gasteiger partial charge < -0.3 is 0 Å². The van der Waals surface area contributed by atoms with Crippen LogP contribution >= 0.6 is 11.6 Å². The first-order valence-corrected chi connectivity index (χ1v) is 6.53. The normalized spacial score (nSPS) is 13.8. The summed E-state index contributed by atoms with van der Waals surface area (Å²) in [5.41, 5.74) is 1.88. The fraction of sp³-hybridized carbons (Fsp3) is 0.143. The van der Waals surface area contributed by atoms with Crippen LogP contribution in [-0.4, -0.2) is 21.8 Å². The fourth-order valence-corrected chi connectivity index (χ4v) is 2.32. The first kappa shape index (κ1) is 12.7. The molecule has 1 aromatic carbocycles. The standard InChI is InChI=1S/C14H10ClN3O2/c1-8-12(16-7-9(6-15)17-8)18-13(19)10-4-2-3-5-11(10)14(18)20/h2-5,7H,6H2,1H3. The van der Waals surface area contributed by atoms with E-state index in [1.165, 1.54) is 6.20 Å². The molecular weight excluding hydrogens is 278 g/mol. The molecule has 20 heavy (non-hydrogen) atoms. The molecule has 0 spiro atoms. The number of halogens is 1. The van der Waals surface area contributed by atoms with E-state index in [0.29, 0.717) is 22.5 Å². The lowest BCUT2D eigenvalue weighted by atomic mass is 10.1. The quantitative estimate of drug-likeness (QED) is 0.628. The number of anilines is 1. The summed E-state index contributed by atoms with van der Waals surface area (Å²) in [5.74, 6) is -0.260. The molecule has 2 aromatic rings. The highest BCUT2D eigenvalue weighted by molar-refractivity contribution is 6.34. The van der Waals surface area contributed by atoms with Gasteiger partial charge in [0.15, 0.2) is 5.82 Å². The molecule has 0 fully saturated rings. The van der Waals surface area contributed by atoms with Gasteiger partial charge in [0.1, 0.15) is 0 Å². The fourth-order valence-electron chi connectivity index (χ4n) is 2.19. The summed E-state index contributed by atoms with van der Waals surface area (Å²) in [7, 11) is 0. The Kier molecular flexibility index (Phi) is 2.99. The van der Waals surface area contributed by atoms with E-state index in [2.05, 4.69) is 9.97 Å². The number of hydrogen-bond donors (Lipinski definition) is 0. The zero-order chi connectivity index (χ0) is 14.3. The van der Waals surface area contributed by atoms with Crippen LogP contribution in [0.1, 0.15) is 32.1 Å². The first-order valence-electron chi connectivity index (χ1n) is 5.99. The van der Waals surface area contributed by atoms with Crippen LogP contribution in [0.5, 0.6) is 0 Å². The van der Waals surface area contributed by atoms with Crippen LogP contribution in [0.3, 0.4) is 0 Å². The van der Waals surface area contributed by atoms with Gasteiger partial charge in [0.2, 0.25) is 0 Å². The van der Waals surface area contributed by atoms with Crippen LogP contribution in [0, 0.1) is 6.92 Å². The predicted octanol–water partition coefficient (Wildman–Crippen LogP) is 2.32. The second kappa shape index (κ2) is 4.68. The molecule has 0 N–H and O–H groups in total. The largest absolute Gasteiger partial charge is 0.268 e. The Morgan fingerprint density at radius 1 is 1.15 bits per heavy atom. The highest BCUT2D eigenvalue weighted by Crippen LogP contribution is 2.28. The van der Waals surface area contributed by atoms with Crippen molar-refractivity contribution in [3.8, 4) is 0 Å². The van der Waals surface area contributed by atoms with Crippen LogP contribution < -0.4 is 4.90 Å². The summed E-state index contributed by atoms with van der Waals surface area (Å²) in [6, 6.07) is 6.71. The Morgan fingerprint density at radius 2 is 1.75 bits per heavy atom. The van der Waals surface area contributed by atoms with Gasteiger partial charge in [-0.25, -0.2) is 9.88 Å². The lowest BCUT2D eigenvalue weighted by Gasteiger charge is -2.14. The molecule has 1 aliphatic heterocycles. The zero-order valence-corrected chi connectivity index (χ0v) is 11.4. The number of aryl methyl sites for hydroxylation is 1. The summed E-state index contributed by atoms with van der Waals surface area (Å²) >= 11 is 5.69. The van der Waals surface area contributed by atoms with E-state index in [1.54, 1.807) is 31.2 Å². The maximum absolute atomic E-state index is 12.3. The molecule has 1 aliphatic rings. The maximum Gasteiger partial charge on any atom is 0.267 e. The summed E-state index contributed by atoms with van der Waals surface area (Å²) in [4.78, 5) is 34.1. The highest BCUT2D eigenvalue weighted by atomic mass is 35.5. The third-order valence-electron chi connectivity index (χ3n) is 3.11. The van der Waals surface area contributed by atoms with Gasteiger partial charge in [0.05, 0.1) is 34.6 Å². The Bertz CT molecular complexity index is 695. The predicted molar refractivity (Wildman–Crippen MR) is 73.9 cm³/mol. The lowest BCUT2D eigenvalue weighted by molar-refractivity contribution is 0.0924. The van der Waals surface area contributed by atoms with Crippen LogP contribution in [0.15, 0.2) is 30.5 Å². The van der Waals surface area contributed by atoms with Crippen molar-refractivity contribution in [1.82, 2.24) is 9.97 Å². The van der Waals surface area contributed by atoms with Crippen molar-refractivity contribution < 1.29 is 9.59 Å². The topological polar surface area (TPSA) is 63.2 Å². The van der Waals surface area contributed by atoms with Crippen molar-refractivity contribution in [3.05, 3.63) is 53.0 Å². The molecule has 0 aliphatic carbocycles. The minimum absolute atomic E-state index is 0.232. The molecule has 0 unspecified atom stereocenters. The molecule has 100 valence electrons. The number of carbonyl (C=O) groups excluding carboxylic acids is 2. The average Bonchev–Trinajstić information content (AvgIpc) is 2.72. The van der Waals surface area contributed by atoms with E-state index in [9.17, 15) is 9.59 Å². The molecule has 0 radical (unpaired) electrons. The SMILES string of the molecule is Cc1nc(CCl)cnc1N1C(=O)c2ccccc2C1=O. The first-order chi connectivity index (χ1) is 9.63. The second-order valence-electron chi connectivity index (χ2n) is 4.40. The van der Waals surface area contributed by atoms with Gasteiger partial charge in [-0.2, -0.15) is 0 Å². The van der Waals surface area contributed by atoms with Gasteiger partial charge in [-0.1, -0.05) is 12.1 Å². The number of rotatable bonds is 2. The molecular formula is C14H10ClN3O2. The molecule has 1 aromatic heterocycles. The Balaban J connectivity index is 2.09. The Morgan fingerprint density at radius 3 is 2.25 bits per heavy atom. The minimum atomic E-state index is -0.373. The number of alkyl halides is 1. The van der Waals surface area contributed by atoms with Crippen molar-refractivity contribution in [2.24, 2.45) is 0 Å². The number of fused-ring (bicyclic) bond motifs is 1. The minimum Gasteiger partial charge on any atom is -0.268 e. The van der Waals surface area contributed by atoms with Crippen molar-refractivity contribution in [2.45, 2.75) is 12.8 Å². The number of hydrogen-bond acceptors (Lipinski definition) is 4. The van der Waals surface area contributed by atoms with Crippen LogP contribution in [0.2, 0.25) is 0 Å². The molecule has 6 heteroatoms.